The van der Waals surface area contributed by atoms with Crippen LogP contribution in [0.4, 0.5) is 0 Å². The molecule has 0 radical (unpaired) electrons. The van der Waals surface area contributed by atoms with Gasteiger partial charge in [0.2, 0.25) is 0 Å². The summed E-state index contributed by atoms with van der Waals surface area (Å²) in [6.45, 7) is 0.570. The Labute approximate surface area is 127 Å². The van der Waals surface area contributed by atoms with Gasteiger partial charge in [0, 0.05) is 24.5 Å². The predicted molar refractivity (Wildman–Crippen MR) is 81.5 cm³/mol. The van der Waals surface area contributed by atoms with Gasteiger partial charge in [-0.1, -0.05) is 6.07 Å². The Morgan fingerprint density at radius 2 is 2.00 bits per heavy atom. The van der Waals surface area contributed by atoms with Crippen molar-refractivity contribution in [3.63, 3.8) is 0 Å². The monoisotopic (exact) mass is 303 g/mol. The molecule has 1 N–H and O–H groups in total. The zero-order valence-corrected chi connectivity index (χ0v) is 12.0. The molecule has 0 spiro atoms. The van der Waals surface area contributed by atoms with E-state index in [9.17, 15) is 4.79 Å². The molecule has 0 fully saturated rings. The van der Waals surface area contributed by atoms with Crippen LogP contribution in [0.25, 0.3) is 11.1 Å². The molecule has 0 saturated heterocycles. The van der Waals surface area contributed by atoms with E-state index < -0.39 is 0 Å². The van der Waals surface area contributed by atoms with Gasteiger partial charge in [0.25, 0.3) is 5.91 Å². The molecule has 5 nitrogen and oxygen atoms in total. The van der Waals surface area contributed by atoms with Gasteiger partial charge in [-0.3, -0.25) is 9.78 Å². The van der Waals surface area contributed by atoms with Gasteiger partial charge in [-0.2, -0.15) is 0 Å². The van der Waals surface area contributed by atoms with Crippen LogP contribution in [-0.4, -0.2) is 22.4 Å². The maximum absolute atomic E-state index is 11.8. The van der Waals surface area contributed by atoms with Gasteiger partial charge in [-0.15, -0.1) is 12.4 Å². The van der Waals surface area contributed by atoms with E-state index in [0.717, 1.165) is 23.1 Å². The Bertz CT molecular complexity index is 728. The SMILES string of the molecule is Cl.O=C(NCCc1ccc2ncoc2c1)c1ccncc1. The number of rotatable bonds is 4. The number of carbonyl (C=O) groups is 1. The number of amides is 1. The van der Waals surface area contributed by atoms with Crippen LogP contribution in [0.1, 0.15) is 15.9 Å². The largest absolute Gasteiger partial charge is 0.443 e. The lowest BCUT2D eigenvalue weighted by atomic mass is 10.1. The molecule has 0 unspecified atom stereocenters. The Hall–Kier alpha value is -2.40. The molecule has 3 aromatic rings. The van der Waals surface area contributed by atoms with E-state index in [2.05, 4.69) is 15.3 Å². The molecule has 0 bridgehead atoms. The van der Waals surface area contributed by atoms with Crippen molar-refractivity contribution in [2.24, 2.45) is 0 Å². The van der Waals surface area contributed by atoms with Crippen molar-refractivity contribution >= 4 is 29.4 Å². The first-order valence-corrected chi connectivity index (χ1v) is 6.33. The van der Waals surface area contributed by atoms with Crippen LogP contribution < -0.4 is 5.32 Å². The van der Waals surface area contributed by atoms with Gasteiger partial charge < -0.3 is 9.73 Å². The van der Waals surface area contributed by atoms with Gasteiger partial charge >= 0.3 is 0 Å². The molecule has 1 aromatic carbocycles. The maximum atomic E-state index is 11.8. The molecular formula is C15H14ClN3O2. The highest BCUT2D eigenvalue weighted by Gasteiger charge is 2.04. The van der Waals surface area contributed by atoms with Gasteiger partial charge in [-0.05, 0) is 36.2 Å². The van der Waals surface area contributed by atoms with Crippen molar-refractivity contribution in [3.05, 3.63) is 60.2 Å². The van der Waals surface area contributed by atoms with Crippen LogP contribution in [-0.2, 0) is 6.42 Å². The molecular weight excluding hydrogens is 290 g/mol. The Kier molecular flexibility index (Phi) is 4.90. The zero-order valence-electron chi connectivity index (χ0n) is 11.2. The number of carbonyl (C=O) groups excluding carboxylic acids is 1. The topological polar surface area (TPSA) is 68.0 Å². The van der Waals surface area contributed by atoms with E-state index >= 15 is 0 Å². The normalized spacial score (nSPS) is 10.1. The molecule has 0 aliphatic carbocycles. The van der Waals surface area contributed by atoms with Crippen LogP contribution in [0.5, 0.6) is 0 Å². The summed E-state index contributed by atoms with van der Waals surface area (Å²) in [5.74, 6) is -0.0897. The fraction of sp³-hybridized carbons (Fsp3) is 0.133. The summed E-state index contributed by atoms with van der Waals surface area (Å²) in [5, 5.41) is 2.88. The number of benzene rings is 1. The lowest BCUT2D eigenvalue weighted by molar-refractivity contribution is 0.0954. The zero-order chi connectivity index (χ0) is 13.8. The second kappa shape index (κ2) is 6.85. The van der Waals surface area contributed by atoms with Crippen molar-refractivity contribution < 1.29 is 9.21 Å². The van der Waals surface area contributed by atoms with Crippen LogP contribution in [0, 0.1) is 0 Å². The Morgan fingerprint density at radius 1 is 1.19 bits per heavy atom. The van der Waals surface area contributed by atoms with Gasteiger partial charge in [0.1, 0.15) is 5.52 Å². The lowest BCUT2D eigenvalue weighted by Gasteiger charge is -2.05. The smallest absolute Gasteiger partial charge is 0.251 e. The fourth-order valence-corrected chi connectivity index (χ4v) is 1.98. The van der Waals surface area contributed by atoms with E-state index in [4.69, 9.17) is 4.42 Å². The lowest BCUT2D eigenvalue weighted by Crippen LogP contribution is -2.25. The number of oxazole rings is 1. The molecule has 0 aliphatic rings. The number of nitrogens with zero attached hydrogens (tertiary/aromatic N) is 2. The van der Waals surface area contributed by atoms with Crippen molar-refractivity contribution in [1.29, 1.82) is 0 Å². The standard InChI is InChI=1S/C15H13N3O2.ClH/c19-15(12-4-6-16-7-5-12)17-8-3-11-1-2-13-14(9-11)20-10-18-13;/h1-2,4-7,9-10H,3,8H2,(H,17,19);1H. The van der Waals surface area contributed by atoms with Crippen LogP contribution in [0.15, 0.2) is 53.5 Å². The van der Waals surface area contributed by atoms with E-state index in [1.165, 1.54) is 6.39 Å². The van der Waals surface area contributed by atoms with Crippen molar-refractivity contribution in [3.8, 4) is 0 Å². The second-order valence-corrected chi connectivity index (χ2v) is 4.40. The third-order valence-electron chi connectivity index (χ3n) is 3.04. The number of nitrogens with one attached hydrogen (secondary N) is 1. The highest BCUT2D eigenvalue weighted by Crippen LogP contribution is 2.14. The number of fused-ring (bicyclic) bond motifs is 1. The summed E-state index contributed by atoms with van der Waals surface area (Å²) in [6, 6.07) is 9.23. The molecule has 0 saturated carbocycles. The van der Waals surface area contributed by atoms with Crippen LogP contribution in [0.3, 0.4) is 0 Å². The minimum Gasteiger partial charge on any atom is -0.443 e. The number of pyridine rings is 1. The molecule has 21 heavy (non-hydrogen) atoms. The summed E-state index contributed by atoms with van der Waals surface area (Å²) < 4.78 is 5.25. The molecule has 1 amide bonds. The number of aromatic nitrogens is 2. The Balaban J connectivity index is 0.00000161. The molecule has 3 rings (SSSR count). The molecule has 2 heterocycles. The van der Waals surface area contributed by atoms with Crippen molar-refractivity contribution in [2.45, 2.75) is 6.42 Å². The summed E-state index contributed by atoms with van der Waals surface area (Å²) in [7, 11) is 0. The van der Waals surface area contributed by atoms with Crippen molar-refractivity contribution in [2.75, 3.05) is 6.54 Å². The molecule has 108 valence electrons. The highest BCUT2D eigenvalue weighted by molar-refractivity contribution is 5.93. The highest BCUT2D eigenvalue weighted by atomic mass is 35.5. The number of hydrogen-bond acceptors (Lipinski definition) is 4. The summed E-state index contributed by atoms with van der Waals surface area (Å²) >= 11 is 0. The molecule has 2 aromatic heterocycles. The van der Waals surface area contributed by atoms with Gasteiger partial charge in [0.15, 0.2) is 12.0 Å². The second-order valence-electron chi connectivity index (χ2n) is 4.40. The predicted octanol–water partition coefficient (Wildman–Crippen LogP) is 2.62. The van der Waals surface area contributed by atoms with E-state index in [1.807, 2.05) is 18.2 Å². The van der Waals surface area contributed by atoms with Crippen molar-refractivity contribution in [1.82, 2.24) is 15.3 Å². The minimum absolute atomic E-state index is 0. The van der Waals surface area contributed by atoms with E-state index in [-0.39, 0.29) is 18.3 Å². The third-order valence-corrected chi connectivity index (χ3v) is 3.04. The van der Waals surface area contributed by atoms with E-state index in [1.54, 1.807) is 24.5 Å². The average Bonchev–Trinajstić information content (AvgIpc) is 2.95. The summed E-state index contributed by atoms with van der Waals surface area (Å²) in [4.78, 5) is 19.8. The molecule has 6 heteroatoms. The first-order chi connectivity index (χ1) is 9.83. The fourth-order valence-electron chi connectivity index (χ4n) is 1.98. The number of halogens is 1. The minimum atomic E-state index is -0.0897. The molecule has 0 aliphatic heterocycles. The Morgan fingerprint density at radius 3 is 2.81 bits per heavy atom. The summed E-state index contributed by atoms with van der Waals surface area (Å²) in [6.07, 6.45) is 5.38. The average molecular weight is 304 g/mol. The summed E-state index contributed by atoms with van der Waals surface area (Å²) in [5.41, 5.74) is 3.33. The third kappa shape index (κ3) is 3.58. The van der Waals surface area contributed by atoms with Gasteiger partial charge in [-0.25, -0.2) is 4.98 Å². The maximum Gasteiger partial charge on any atom is 0.251 e. The van der Waals surface area contributed by atoms with Crippen LogP contribution >= 0.6 is 12.4 Å². The first-order valence-electron chi connectivity index (χ1n) is 6.33. The van der Waals surface area contributed by atoms with Gasteiger partial charge in [0.05, 0.1) is 0 Å². The quantitative estimate of drug-likeness (QED) is 0.804. The van der Waals surface area contributed by atoms with Crippen LogP contribution in [0.2, 0.25) is 0 Å². The molecule has 0 atom stereocenters. The number of hydrogen-bond donors (Lipinski definition) is 1. The first kappa shape index (κ1) is 15.0. The van der Waals surface area contributed by atoms with E-state index in [0.29, 0.717) is 12.1 Å².